The average molecular weight is 355 g/mol. The van der Waals surface area contributed by atoms with Gasteiger partial charge in [-0.25, -0.2) is 0 Å². The standard InChI is InChI=1S/C13H18BrF3OSi/c1-12(2,3)19(4,5)18-11-7-9(13(15,16)17)6-10(14)8-11/h6-8H,1-5H3. The molecule has 19 heavy (non-hydrogen) atoms. The van der Waals surface area contributed by atoms with E-state index in [0.29, 0.717) is 4.47 Å². The van der Waals surface area contributed by atoms with Gasteiger partial charge in [0.1, 0.15) is 5.75 Å². The molecule has 0 aliphatic carbocycles. The number of alkyl halides is 3. The van der Waals surface area contributed by atoms with Crippen molar-refractivity contribution >= 4 is 24.2 Å². The number of rotatable bonds is 2. The first-order valence-electron chi connectivity index (χ1n) is 5.90. The van der Waals surface area contributed by atoms with Crippen molar-refractivity contribution in [3.63, 3.8) is 0 Å². The van der Waals surface area contributed by atoms with Crippen molar-refractivity contribution in [1.82, 2.24) is 0 Å². The van der Waals surface area contributed by atoms with Gasteiger partial charge < -0.3 is 4.43 Å². The van der Waals surface area contributed by atoms with Gasteiger partial charge in [-0.2, -0.15) is 13.2 Å². The van der Waals surface area contributed by atoms with Crippen LogP contribution in [-0.4, -0.2) is 8.32 Å². The first-order chi connectivity index (χ1) is 8.33. The summed E-state index contributed by atoms with van der Waals surface area (Å²) in [6.45, 7) is 10.1. The van der Waals surface area contributed by atoms with Gasteiger partial charge in [-0.1, -0.05) is 36.7 Å². The minimum absolute atomic E-state index is 0.0618. The lowest BCUT2D eigenvalue weighted by atomic mass is 10.2. The largest absolute Gasteiger partial charge is 0.543 e. The number of halogens is 4. The fraction of sp³-hybridized carbons (Fsp3) is 0.538. The maximum atomic E-state index is 12.7. The first kappa shape index (κ1) is 16.6. The molecular formula is C13H18BrF3OSi. The fourth-order valence-corrected chi connectivity index (χ4v) is 2.72. The van der Waals surface area contributed by atoms with Crippen molar-refractivity contribution < 1.29 is 17.6 Å². The molecule has 0 aliphatic rings. The van der Waals surface area contributed by atoms with Crippen LogP contribution < -0.4 is 4.43 Å². The smallest absolute Gasteiger partial charge is 0.416 e. The van der Waals surface area contributed by atoms with Crippen molar-refractivity contribution in [2.24, 2.45) is 0 Å². The summed E-state index contributed by atoms with van der Waals surface area (Å²) in [5.74, 6) is 0.272. The minimum atomic E-state index is -4.37. The van der Waals surface area contributed by atoms with E-state index < -0.39 is 20.1 Å². The molecule has 0 heterocycles. The van der Waals surface area contributed by atoms with Gasteiger partial charge >= 0.3 is 6.18 Å². The summed E-state index contributed by atoms with van der Waals surface area (Å²) < 4.78 is 44.5. The van der Waals surface area contributed by atoms with Crippen LogP contribution in [0.1, 0.15) is 26.3 Å². The molecular weight excluding hydrogens is 337 g/mol. The van der Waals surface area contributed by atoms with Crippen molar-refractivity contribution in [3.05, 3.63) is 28.2 Å². The summed E-state index contributed by atoms with van der Waals surface area (Å²) in [6.07, 6.45) is -4.37. The van der Waals surface area contributed by atoms with E-state index in [1.807, 2.05) is 33.9 Å². The van der Waals surface area contributed by atoms with E-state index in [1.54, 1.807) is 6.07 Å². The number of benzene rings is 1. The Balaban J connectivity index is 3.13. The summed E-state index contributed by atoms with van der Waals surface area (Å²) in [4.78, 5) is 0. The third-order valence-corrected chi connectivity index (χ3v) is 8.19. The molecule has 0 saturated heterocycles. The van der Waals surface area contributed by atoms with Crippen LogP contribution in [0.4, 0.5) is 13.2 Å². The summed E-state index contributed by atoms with van der Waals surface area (Å²) in [7, 11) is -2.14. The maximum absolute atomic E-state index is 12.7. The van der Waals surface area contributed by atoms with Gasteiger partial charge in [-0.3, -0.25) is 0 Å². The molecule has 0 atom stereocenters. The van der Waals surface area contributed by atoms with Crippen LogP contribution in [0.15, 0.2) is 22.7 Å². The zero-order valence-electron chi connectivity index (χ0n) is 11.7. The highest BCUT2D eigenvalue weighted by Crippen LogP contribution is 2.39. The fourth-order valence-electron chi connectivity index (χ4n) is 1.23. The lowest BCUT2D eigenvalue weighted by Gasteiger charge is -2.36. The Bertz CT molecular complexity index is 464. The molecule has 6 heteroatoms. The summed E-state index contributed by atoms with van der Waals surface area (Å²) >= 11 is 3.10. The molecule has 0 bridgehead atoms. The molecule has 0 radical (unpaired) electrons. The summed E-state index contributed by atoms with van der Waals surface area (Å²) in [5.41, 5.74) is -0.699. The molecule has 1 rings (SSSR count). The van der Waals surface area contributed by atoms with Gasteiger partial charge in [-0.05, 0) is 36.3 Å². The van der Waals surface area contributed by atoms with Crippen LogP contribution in [0, 0.1) is 0 Å². The van der Waals surface area contributed by atoms with E-state index in [0.717, 1.165) is 12.1 Å². The molecule has 108 valence electrons. The van der Waals surface area contributed by atoms with Crippen LogP contribution in [0.3, 0.4) is 0 Å². The van der Waals surface area contributed by atoms with Gasteiger partial charge in [0.2, 0.25) is 8.32 Å². The molecule has 0 aliphatic heterocycles. The Morgan fingerprint density at radius 2 is 1.58 bits per heavy atom. The molecule has 0 spiro atoms. The predicted molar refractivity (Wildman–Crippen MR) is 77.0 cm³/mol. The molecule has 1 nitrogen and oxygen atoms in total. The molecule has 0 aromatic heterocycles. The zero-order chi connectivity index (χ0) is 15.1. The van der Waals surface area contributed by atoms with E-state index in [2.05, 4.69) is 15.9 Å². The average Bonchev–Trinajstić information content (AvgIpc) is 2.12. The normalized spacial score (nSPS) is 13.5. The van der Waals surface area contributed by atoms with Gasteiger partial charge in [0, 0.05) is 4.47 Å². The molecule has 0 N–H and O–H groups in total. The third-order valence-electron chi connectivity index (χ3n) is 3.38. The van der Waals surface area contributed by atoms with E-state index in [1.165, 1.54) is 0 Å². The Morgan fingerprint density at radius 1 is 1.05 bits per heavy atom. The number of hydrogen-bond acceptors (Lipinski definition) is 1. The second-order valence-corrected chi connectivity index (χ2v) is 11.7. The van der Waals surface area contributed by atoms with Crippen molar-refractivity contribution in [2.45, 2.75) is 45.1 Å². The van der Waals surface area contributed by atoms with E-state index in [9.17, 15) is 13.2 Å². The van der Waals surface area contributed by atoms with Crippen LogP contribution in [-0.2, 0) is 6.18 Å². The monoisotopic (exact) mass is 354 g/mol. The lowest BCUT2D eigenvalue weighted by Crippen LogP contribution is -2.43. The van der Waals surface area contributed by atoms with Gasteiger partial charge in [0.05, 0.1) is 5.56 Å². The predicted octanol–water partition coefficient (Wildman–Crippen LogP) is 5.85. The molecule has 1 aromatic rings. The highest BCUT2D eigenvalue weighted by molar-refractivity contribution is 9.10. The second kappa shape index (κ2) is 5.13. The van der Waals surface area contributed by atoms with Crippen LogP contribution in [0.25, 0.3) is 0 Å². The Labute approximate surface area is 121 Å². The van der Waals surface area contributed by atoms with E-state index >= 15 is 0 Å². The third kappa shape index (κ3) is 4.24. The van der Waals surface area contributed by atoms with Crippen LogP contribution >= 0.6 is 15.9 Å². The zero-order valence-corrected chi connectivity index (χ0v) is 14.2. The topological polar surface area (TPSA) is 9.23 Å². The molecule has 0 saturated carbocycles. The summed E-state index contributed by atoms with van der Waals surface area (Å²) in [6, 6.07) is 3.69. The van der Waals surface area contributed by atoms with Gasteiger partial charge in [0.15, 0.2) is 0 Å². The van der Waals surface area contributed by atoms with Crippen LogP contribution in [0.2, 0.25) is 18.1 Å². The Hall–Kier alpha value is -0.493. The highest BCUT2D eigenvalue weighted by atomic mass is 79.9. The van der Waals surface area contributed by atoms with Crippen molar-refractivity contribution in [1.29, 1.82) is 0 Å². The minimum Gasteiger partial charge on any atom is -0.543 e. The van der Waals surface area contributed by atoms with Crippen molar-refractivity contribution in [2.75, 3.05) is 0 Å². The second-order valence-electron chi connectivity index (χ2n) is 6.04. The molecule has 0 unspecified atom stereocenters. The Kier molecular flexibility index (Phi) is 4.47. The van der Waals surface area contributed by atoms with Crippen LogP contribution in [0.5, 0.6) is 5.75 Å². The SMILES string of the molecule is CC(C)(C)[Si](C)(C)Oc1cc(Br)cc(C(F)(F)F)c1. The quantitative estimate of drug-likeness (QED) is 0.605. The van der Waals surface area contributed by atoms with E-state index in [4.69, 9.17) is 4.43 Å². The lowest BCUT2D eigenvalue weighted by molar-refractivity contribution is -0.137. The van der Waals surface area contributed by atoms with Gasteiger partial charge in [-0.15, -0.1) is 0 Å². The molecule has 0 fully saturated rings. The van der Waals surface area contributed by atoms with E-state index in [-0.39, 0.29) is 10.8 Å². The summed E-state index contributed by atoms with van der Waals surface area (Å²) in [5, 5.41) is -0.0618. The van der Waals surface area contributed by atoms with Crippen molar-refractivity contribution in [3.8, 4) is 5.75 Å². The van der Waals surface area contributed by atoms with Gasteiger partial charge in [0.25, 0.3) is 0 Å². The highest BCUT2D eigenvalue weighted by Gasteiger charge is 2.39. The Morgan fingerprint density at radius 3 is 2.00 bits per heavy atom. The maximum Gasteiger partial charge on any atom is 0.416 e. The molecule has 0 amide bonds. The number of hydrogen-bond donors (Lipinski definition) is 0. The first-order valence-corrected chi connectivity index (χ1v) is 9.60. The molecule has 1 aromatic carbocycles.